The van der Waals surface area contributed by atoms with Crippen LogP contribution in [0.5, 0.6) is 0 Å². The lowest BCUT2D eigenvalue weighted by atomic mass is 10.2. The summed E-state index contributed by atoms with van der Waals surface area (Å²) >= 11 is 0. The number of carbonyl (C=O) groups is 2. The molecule has 0 spiro atoms. The number of rotatable bonds is 3. The van der Waals surface area contributed by atoms with Gasteiger partial charge in [0.05, 0.1) is 23.0 Å². The second-order valence-corrected chi connectivity index (χ2v) is 9.97. The van der Waals surface area contributed by atoms with Crippen molar-refractivity contribution < 1.29 is 19.1 Å². The zero-order valence-corrected chi connectivity index (χ0v) is 21.4. The molecule has 5 rings (SSSR count). The van der Waals surface area contributed by atoms with Crippen LogP contribution in [0.4, 0.5) is 10.7 Å². The maximum Gasteiger partial charge on any atom is 0.410 e. The number of carbonyl (C=O) groups excluding carboxylic acids is 2. The van der Waals surface area contributed by atoms with E-state index >= 15 is 0 Å². The molecule has 1 saturated heterocycles. The number of pyridine rings is 1. The number of benzene rings is 1. The van der Waals surface area contributed by atoms with Crippen molar-refractivity contribution in [3.05, 3.63) is 46.2 Å². The fourth-order valence-corrected chi connectivity index (χ4v) is 4.58. The number of nitrogens with zero attached hydrogens (tertiary/aromatic N) is 5. The molecule has 3 aromatic heterocycles. The van der Waals surface area contributed by atoms with Gasteiger partial charge in [-0.05, 0) is 46.2 Å². The maximum absolute atomic E-state index is 13.4. The van der Waals surface area contributed by atoms with Gasteiger partial charge in [0.2, 0.25) is 11.4 Å². The summed E-state index contributed by atoms with van der Waals surface area (Å²) in [5.41, 5.74) is 1.11. The normalized spacial score (nSPS) is 14.8. The molecule has 1 aliphatic rings. The molecule has 1 N–H and O–H groups in total. The maximum atomic E-state index is 13.4. The Hall–Kier alpha value is -4.15. The van der Waals surface area contributed by atoms with Gasteiger partial charge in [-0.15, -0.1) is 0 Å². The van der Waals surface area contributed by atoms with Crippen LogP contribution in [0.1, 0.15) is 44.5 Å². The van der Waals surface area contributed by atoms with Crippen molar-refractivity contribution in [1.29, 1.82) is 0 Å². The van der Waals surface area contributed by atoms with Crippen LogP contribution in [0.2, 0.25) is 0 Å². The Morgan fingerprint density at radius 2 is 1.89 bits per heavy atom. The number of aromatic amines is 1. The fraction of sp³-hybridized carbons (Fsp3) is 0.423. The van der Waals surface area contributed by atoms with Crippen LogP contribution in [-0.4, -0.2) is 74.7 Å². The third-order valence-electron chi connectivity index (χ3n) is 6.21. The van der Waals surface area contributed by atoms with Crippen molar-refractivity contribution in [3.63, 3.8) is 0 Å². The van der Waals surface area contributed by atoms with Crippen LogP contribution in [-0.2, 0) is 9.47 Å². The fourth-order valence-electron chi connectivity index (χ4n) is 4.58. The third-order valence-corrected chi connectivity index (χ3v) is 6.21. The summed E-state index contributed by atoms with van der Waals surface area (Å²) in [6.45, 7) is 9.55. The van der Waals surface area contributed by atoms with Crippen LogP contribution in [0, 0.1) is 0 Å². The first kappa shape index (κ1) is 24.5. The largest absolute Gasteiger partial charge is 0.462 e. The predicted molar refractivity (Wildman–Crippen MR) is 139 cm³/mol. The molecule has 4 aromatic rings. The van der Waals surface area contributed by atoms with Gasteiger partial charge in [0.15, 0.2) is 5.65 Å². The van der Waals surface area contributed by atoms with Gasteiger partial charge >= 0.3 is 12.1 Å². The smallest absolute Gasteiger partial charge is 0.410 e. The van der Waals surface area contributed by atoms with E-state index in [0.29, 0.717) is 49.8 Å². The Bertz CT molecular complexity index is 1570. The number of para-hydroxylation sites is 2. The first-order valence-corrected chi connectivity index (χ1v) is 12.4. The minimum Gasteiger partial charge on any atom is -0.462 e. The predicted octanol–water partition coefficient (Wildman–Crippen LogP) is 3.35. The Kier molecular flexibility index (Phi) is 6.22. The Morgan fingerprint density at radius 1 is 1.11 bits per heavy atom. The van der Waals surface area contributed by atoms with Crippen molar-refractivity contribution in [1.82, 2.24) is 24.3 Å². The van der Waals surface area contributed by atoms with E-state index in [-0.39, 0.29) is 23.6 Å². The van der Waals surface area contributed by atoms with Gasteiger partial charge in [-0.25, -0.2) is 14.6 Å². The summed E-state index contributed by atoms with van der Waals surface area (Å²) < 4.78 is 12.5. The van der Waals surface area contributed by atoms with E-state index in [2.05, 4.69) is 9.97 Å². The van der Waals surface area contributed by atoms with E-state index in [1.54, 1.807) is 16.2 Å². The van der Waals surface area contributed by atoms with Gasteiger partial charge in [-0.3, -0.25) is 9.20 Å². The quantitative estimate of drug-likeness (QED) is 0.420. The average molecular weight is 507 g/mol. The number of imidazole rings is 1. The van der Waals surface area contributed by atoms with E-state index in [9.17, 15) is 14.4 Å². The van der Waals surface area contributed by atoms with Gasteiger partial charge < -0.3 is 24.3 Å². The first-order chi connectivity index (χ1) is 17.7. The van der Waals surface area contributed by atoms with Gasteiger partial charge in [0, 0.05) is 32.4 Å². The topological polar surface area (TPSA) is 122 Å². The standard InChI is InChI=1S/C26H30N6O5/c1-5-36-23(34)19-20(33)16-15-27-24(29-21(16)32-18-10-7-6-9-17(18)28-22(19)32)30-11-8-12-31(14-13-30)25(35)37-26(2,3)4/h6-7,9-10,15,28H,5,8,11-14H2,1-4H3. The zero-order chi connectivity index (χ0) is 26.3. The number of hydrogen-bond acceptors (Lipinski definition) is 8. The van der Waals surface area contributed by atoms with Gasteiger partial charge in [-0.2, -0.15) is 4.98 Å². The molecule has 0 radical (unpaired) electrons. The highest BCUT2D eigenvalue weighted by Gasteiger charge is 2.27. The second-order valence-electron chi connectivity index (χ2n) is 9.97. The highest BCUT2D eigenvalue weighted by Crippen LogP contribution is 2.24. The molecule has 0 atom stereocenters. The molecule has 11 nitrogen and oxygen atoms in total. The Morgan fingerprint density at radius 3 is 2.65 bits per heavy atom. The van der Waals surface area contributed by atoms with Crippen LogP contribution in [0.25, 0.3) is 27.7 Å². The molecule has 1 amide bonds. The lowest BCUT2D eigenvalue weighted by molar-refractivity contribution is 0.0263. The van der Waals surface area contributed by atoms with Gasteiger partial charge in [0.25, 0.3) is 0 Å². The van der Waals surface area contributed by atoms with E-state index in [1.165, 1.54) is 6.20 Å². The Labute approximate surface area is 213 Å². The summed E-state index contributed by atoms with van der Waals surface area (Å²) in [7, 11) is 0. The van der Waals surface area contributed by atoms with E-state index in [4.69, 9.17) is 14.5 Å². The van der Waals surface area contributed by atoms with Crippen molar-refractivity contribution in [2.24, 2.45) is 0 Å². The Balaban J connectivity index is 1.58. The molecule has 1 aliphatic heterocycles. The lowest BCUT2D eigenvalue weighted by Crippen LogP contribution is -2.39. The third kappa shape index (κ3) is 4.56. The van der Waals surface area contributed by atoms with Crippen LogP contribution in [0.3, 0.4) is 0 Å². The number of esters is 1. The molecule has 0 aliphatic carbocycles. The molecule has 0 unspecified atom stereocenters. The van der Waals surface area contributed by atoms with Crippen molar-refractivity contribution in [2.75, 3.05) is 37.7 Å². The minimum absolute atomic E-state index is 0.0790. The summed E-state index contributed by atoms with van der Waals surface area (Å²) in [6, 6.07) is 7.52. The molecule has 1 aromatic carbocycles. The molecule has 11 heteroatoms. The molecule has 4 heterocycles. The van der Waals surface area contributed by atoms with Crippen LogP contribution in [0.15, 0.2) is 35.3 Å². The van der Waals surface area contributed by atoms with E-state index in [0.717, 1.165) is 11.0 Å². The van der Waals surface area contributed by atoms with Gasteiger partial charge in [0.1, 0.15) is 16.8 Å². The summed E-state index contributed by atoms with van der Waals surface area (Å²) in [5.74, 6) is -0.252. The number of H-pyrrole nitrogens is 1. The molecule has 194 valence electrons. The molecule has 1 fully saturated rings. The summed E-state index contributed by atoms with van der Waals surface area (Å²) in [6.07, 6.45) is 1.84. The van der Waals surface area contributed by atoms with Crippen molar-refractivity contribution in [3.8, 4) is 0 Å². The monoisotopic (exact) mass is 506 g/mol. The highest BCUT2D eigenvalue weighted by atomic mass is 16.6. The number of hydrogen-bond donors (Lipinski definition) is 1. The first-order valence-electron chi connectivity index (χ1n) is 12.4. The van der Waals surface area contributed by atoms with Crippen molar-refractivity contribution in [2.45, 2.75) is 39.7 Å². The second kappa shape index (κ2) is 9.38. The van der Waals surface area contributed by atoms with Crippen molar-refractivity contribution >= 4 is 45.7 Å². The molecule has 0 bridgehead atoms. The SMILES string of the molecule is CCOC(=O)c1c(=O)c2cnc(N3CCCN(C(=O)OC(C)(C)C)CC3)nc2n2c1[nH]c1ccccc12. The molecule has 37 heavy (non-hydrogen) atoms. The van der Waals surface area contributed by atoms with Crippen LogP contribution < -0.4 is 10.3 Å². The molecular formula is C26H30N6O5. The number of anilines is 1. The molecular weight excluding hydrogens is 476 g/mol. The lowest BCUT2D eigenvalue weighted by Gasteiger charge is -2.26. The average Bonchev–Trinajstić information content (AvgIpc) is 3.04. The zero-order valence-electron chi connectivity index (χ0n) is 21.4. The minimum atomic E-state index is -0.697. The summed E-state index contributed by atoms with van der Waals surface area (Å²) in [5, 5.41) is 0.222. The molecule has 0 saturated carbocycles. The highest BCUT2D eigenvalue weighted by molar-refractivity contribution is 6.02. The number of amides is 1. The number of nitrogens with one attached hydrogen (secondary N) is 1. The van der Waals surface area contributed by atoms with E-state index in [1.807, 2.05) is 49.9 Å². The summed E-state index contributed by atoms with van der Waals surface area (Å²) in [4.78, 5) is 54.9. The van der Waals surface area contributed by atoms with Gasteiger partial charge in [-0.1, -0.05) is 12.1 Å². The van der Waals surface area contributed by atoms with Crippen LogP contribution >= 0.6 is 0 Å². The van der Waals surface area contributed by atoms with E-state index < -0.39 is 17.0 Å². The number of ether oxygens (including phenoxy) is 2. The number of aromatic nitrogens is 4. The number of fused-ring (bicyclic) bond motifs is 5.